The quantitative estimate of drug-likeness (QED) is 0.478. The molecule has 2 atom stereocenters. The van der Waals surface area contributed by atoms with Crippen molar-refractivity contribution in [1.82, 2.24) is 4.72 Å². The summed E-state index contributed by atoms with van der Waals surface area (Å²) in [5.74, 6) is 0.368. The van der Waals surface area contributed by atoms with Gasteiger partial charge in [0.05, 0.1) is 23.9 Å². The Labute approximate surface area is 197 Å². The van der Waals surface area contributed by atoms with Gasteiger partial charge in [0, 0.05) is 6.54 Å². The van der Waals surface area contributed by atoms with Gasteiger partial charge in [-0.05, 0) is 62.9 Å². The molecule has 0 radical (unpaired) electrons. The number of nitrogens with two attached hydrogens (primary N) is 1. The number of ether oxygens (including phenoxy) is 2. The lowest BCUT2D eigenvalue weighted by molar-refractivity contribution is -0.125. The topological polar surface area (TPSA) is 108 Å². The Kier molecular flexibility index (Phi) is 9.46. The first kappa shape index (κ1) is 26.8. The molecule has 0 aliphatic carbocycles. The van der Waals surface area contributed by atoms with Gasteiger partial charge in [-0.3, -0.25) is 4.79 Å². The molecule has 2 rings (SSSR count). The first-order chi connectivity index (χ1) is 15.4. The first-order valence-electron chi connectivity index (χ1n) is 11.2. The van der Waals surface area contributed by atoms with E-state index in [0.29, 0.717) is 12.2 Å². The Morgan fingerprint density at radius 3 is 2.06 bits per heavy atom. The highest BCUT2D eigenvalue weighted by molar-refractivity contribution is 7.89. The van der Waals surface area contributed by atoms with Crippen LogP contribution in [0.25, 0.3) is 11.1 Å². The van der Waals surface area contributed by atoms with Gasteiger partial charge >= 0.3 is 0 Å². The number of rotatable bonds is 12. The van der Waals surface area contributed by atoms with Gasteiger partial charge in [-0.25, -0.2) is 13.1 Å². The molecular formula is C25H36N2O5S. The molecule has 0 saturated heterocycles. The van der Waals surface area contributed by atoms with E-state index in [4.69, 9.17) is 15.2 Å². The smallest absolute Gasteiger partial charge is 0.220 e. The van der Waals surface area contributed by atoms with Crippen molar-refractivity contribution < 1.29 is 22.7 Å². The van der Waals surface area contributed by atoms with Gasteiger partial charge in [0.1, 0.15) is 11.9 Å². The predicted octanol–water partition coefficient (Wildman–Crippen LogP) is 4.18. The fourth-order valence-corrected chi connectivity index (χ4v) is 4.48. The second-order valence-corrected chi connectivity index (χ2v) is 11.1. The van der Waals surface area contributed by atoms with Crippen molar-refractivity contribution in [2.75, 3.05) is 12.3 Å². The number of sulfonamides is 1. The Morgan fingerprint density at radius 1 is 1.03 bits per heavy atom. The minimum absolute atomic E-state index is 0.110. The second kappa shape index (κ2) is 11.6. The van der Waals surface area contributed by atoms with Crippen LogP contribution in [0, 0.1) is 0 Å². The van der Waals surface area contributed by atoms with Crippen LogP contribution in [-0.4, -0.2) is 38.3 Å². The summed E-state index contributed by atoms with van der Waals surface area (Å²) in [5.41, 5.74) is 7.92. The minimum atomic E-state index is -3.25. The first-order valence-corrected chi connectivity index (χ1v) is 12.8. The molecule has 7 nitrogen and oxygen atoms in total. The molecule has 1 amide bonds. The van der Waals surface area contributed by atoms with E-state index < -0.39 is 27.6 Å². The normalized spacial score (nSPS) is 14.0. The van der Waals surface area contributed by atoms with E-state index in [-0.39, 0.29) is 24.8 Å². The highest BCUT2D eigenvalue weighted by Gasteiger charge is 2.22. The molecular weight excluding hydrogens is 440 g/mol. The average Bonchev–Trinajstić information content (AvgIpc) is 2.71. The van der Waals surface area contributed by atoms with E-state index in [1.807, 2.05) is 83.1 Å². The Hall–Kier alpha value is -2.42. The van der Waals surface area contributed by atoms with E-state index in [1.165, 1.54) is 0 Å². The van der Waals surface area contributed by atoms with Crippen LogP contribution < -0.4 is 15.2 Å². The summed E-state index contributed by atoms with van der Waals surface area (Å²) in [7, 11) is -3.25. The number of benzene rings is 2. The Morgan fingerprint density at radius 2 is 1.58 bits per heavy atom. The monoisotopic (exact) mass is 476 g/mol. The van der Waals surface area contributed by atoms with E-state index >= 15 is 0 Å². The van der Waals surface area contributed by atoms with Gasteiger partial charge in [0.15, 0.2) is 0 Å². The molecule has 2 aromatic rings. The maximum absolute atomic E-state index is 11.8. The number of hydrogen-bond donors (Lipinski definition) is 2. The number of carbonyl (C=O) groups excluding carboxylic acids is 1. The third-order valence-electron chi connectivity index (χ3n) is 4.75. The van der Waals surface area contributed by atoms with Crippen LogP contribution in [0.5, 0.6) is 5.75 Å². The molecule has 8 heteroatoms. The number of amides is 1. The summed E-state index contributed by atoms with van der Waals surface area (Å²) in [6.45, 7) is 9.70. The molecule has 0 aliphatic heterocycles. The highest BCUT2D eigenvalue weighted by atomic mass is 32.2. The van der Waals surface area contributed by atoms with Crippen molar-refractivity contribution in [1.29, 1.82) is 0 Å². The fourth-order valence-electron chi connectivity index (χ4n) is 3.31. The molecule has 3 N–H and O–H groups in total. The number of carbonyl (C=O) groups is 1. The molecule has 0 bridgehead atoms. The van der Waals surface area contributed by atoms with Gasteiger partial charge in [0.25, 0.3) is 0 Å². The lowest BCUT2D eigenvalue weighted by Crippen LogP contribution is -2.34. The molecule has 0 spiro atoms. The van der Waals surface area contributed by atoms with Crippen LogP contribution >= 0.6 is 0 Å². The number of nitrogens with one attached hydrogen (secondary N) is 1. The van der Waals surface area contributed by atoms with Crippen LogP contribution in [0.15, 0.2) is 48.5 Å². The predicted molar refractivity (Wildman–Crippen MR) is 131 cm³/mol. The SMILES string of the molecule is CCCS(=O)(=O)NCC(C)Oc1ccc(-c2ccc(C(CC(N)=O)OC(C)(C)C)cc2)cc1. The van der Waals surface area contributed by atoms with Crippen LogP contribution in [-0.2, 0) is 19.6 Å². The van der Waals surface area contributed by atoms with Gasteiger partial charge < -0.3 is 15.2 Å². The molecule has 2 unspecified atom stereocenters. The van der Waals surface area contributed by atoms with E-state index in [1.54, 1.807) is 0 Å². The summed E-state index contributed by atoms with van der Waals surface area (Å²) in [4.78, 5) is 11.5. The maximum atomic E-state index is 11.8. The molecule has 0 fully saturated rings. The summed E-state index contributed by atoms with van der Waals surface area (Å²) in [6.07, 6.45) is -0.00644. The highest BCUT2D eigenvalue weighted by Crippen LogP contribution is 2.29. The summed E-state index contributed by atoms with van der Waals surface area (Å²) < 4.78 is 38.0. The van der Waals surface area contributed by atoms with Crippen LogP contribution in [0.4, 0.5) is 0 Å². The summed E-state index contributed by atoms with van der Waals surface area (Å²) in [5, 5.41) is 0. The fraction of sp³-hybridized carbons (Fsp3) is 0.480. The third kappa shape index (κ3) is 9.53. The number of primary amides is 1. The van der Waals surface area contributed by atoms with E-state index in [9.17, 15) is 13.2 Å². The average molecular weight is 477 g/mol. The van der Waals surface area contributed by atoms with E-state index in [0.717, 1.165) is 16.7 Å². The van der Waals surface area contributed by atoms with Crippen molar-refractivity contribution in [3.8, 4) is 16.9 Å². The molecule has 182 valence electrons. The van der Waals surface area contributed by atoms with Crippen molar-refractivity contribution in [3.63, 3.8) is 0 Å². The largest absolute Gasteiger partial charge is 0.489 e. The summed E-state index contributed by atoms with van der Waals surface area (Å²) >= 11 is 0. The van der Waals surface area contributed by atoms with Crippen molar-refractivity contribution >= 4 is 15.9 Å². The van der Waals surface area contributed by atoms with Gasteiger partial charge in [-0.2, -0.15) is 0 Å². The third-order valence-corrected chi connectivity index (χ3v) is 6.31. The molecule has 0 aromatic heterocycles. The minimum Gasteiger partial charge on any atom is -0.489 e. The molecule has 0 saturated carbocycles. The van der Waals surface area contributed by atoms with Crippen molar-refractivity contribution in [3.05, 3.63) is 54.1 Å². The van der Waals surface area contributed by atoms with Gasteiger partial charge in [0.2, 0.25) is 15.9 Å². The zero-order valence-electron chi connectivity index (χ0n) is 20.1. The van der Waals surface area contributed by atoms with Crippen molar-refractivity contribution in [2.45, 2.75) is 65.3 Å². The maximum Gasteiger partial charge on any atom is 0.220 e. The number of hydrogen-bond acceptors (Lipinski definition) is 5. The van der Waals surface area contributed by atoms with Crippen LogP contribution in [0.3, 0.4) is 0 Å². The zero-order valence-corrected chi connectivity index (χ0v) is 20.9. The van der Waals surface area contributed by atoms with Crippen LogP contribution in [0.2, 0.25) is 0 Å². The Bertz CT molecular complexity index is 997. The second-order valence-electron chi connectivity index (χ2n) is 9.13. The Balaban J connectivity index is 2.03. The van der Waals surface area contributed by atoms with E-state index in [2.05, 4.69) is 4.72 Å². The van der Waals surface area contributed by atoms with Gasteiger partial charge in [-0.15, -0.1) is 0 Å². The lowest BCUT2D eigenvalue weighted by atomic mass is 9.99. The zero-order chi connectivity index (χ0) is 24.6. The standard InChI is InChI=1S/C25H36N2O5S/c1-6-15-33(29,30)27-17-18(2)31-22-13-11-20(12-14-22)19-7-9-21(10-8-19)23(16-24(26)28)32-25(3,4)5/h7-14,18,23,27H,6,15-17H2,1-5H3,(H2,26,28). The molecule has 33 heavy (non-hydrogen) atoms. The summed E-state index contributed by atoms with van der Waals surface area (Å²) in [6, 6.07) is 15.5. The lowest BCUT2D eigenvalue weighted by Gasteiger charge is -2.27. The molecule has 0 heterocycles. The van der Waals surface area contributed by atoms with Gasteiger partial charge in [-0.1, -0.05) is 43.3 Å². The molecule has 0 aliphatic rings. The van der Waals surface area contributed by atoms with Crippen LogP contribution in [0.1, 0.15) is 59.1 Å². The molecule has 2 aromatic carbocycles. The van der Waals surface area contributed by atoms with Crippen molar-refractivity contribution in [2.24, 2.45) is 5.73 Å².